The Hall–Kier alpha value is -1.39. The first kappa shape index (κ1) is 9.70. The van der Waals surface area contributed by atoms with E-state index in [1.165, 1.54) is 6.07 Å². The van der Waals surface area contributed by atoms with Crippen LogP contribution in [0.2, 0.25) is 0 Å². The minimum atomic E-state index is -1.04. The lowest BCUT2D eigenvalue weighted by Crippen LogP contribution is -2.08. The van der Waals surface area contributed by atoms with Crippen molar-refractivity contribution < 1.29 is 15.0 Å². The molecule has 13 heavy (non-hydrogen) atoms. The van der Waals surface area contributed by atoms with E-state index in [1.807, 2.05) is 0 Å². The molecule has 0 aromatic heterocycles. The summed E-state index contributed by atoms with van der Waals surface area (Å²) in [5.41, 5.74) is 6.58. The van der Waals surface area contributed by atoms with Crippen molar-refractivity contribution in [1.82, 2.24) is 0 Å². The Morgan fingerprint density at radius 2 is 2.15 bits per heavy atom. The average molecular weight is 181 g/mol. The molecule has 0 aliphatic heterocycles. The van der Waals surface area contributed by atoms with Crippen LogP contribution < -0.4 is 5.73 Å². The number of aliphatic hydroxyl groups is 1. The smallest absolute Gasteiger partial charge is 0.336 e. The van der Waals surface area contributed by atoms with Crippen LogP contribution in [0.15, 0.2) is 18.2 Å². The molecule has 0 aliphatic carbocycles. The summed E-state index contributed by atoms with van der Waals surface area (Å²) >= 11 is 0. The van der Waals surface area contributed by atoms with Gasteiger partial charge in [-0.2, -0.15) is 0 Å². The highest BCUT2D eigenvalue weighted by molar-refractivity contribution is 5.89. The summed E-state index contributed by atoms with van der Waals surface area (Å²) in [5, 5.41) is 17.7. The highest BCUT2D eigenvalue weighted by atomic mass is 16.4. The summed E-state index contributed by atoms with van der Waals surface area (Å²) in [7, 11) is 0. The van der Waals surface area contributed by atoms with Gasteiger partial charge in [-0.3, -0.25) is 0 Å². The number of carboxylic acid groups (broad SMARTS) is 1. The molecule has 0 amide bonds. The molecule has 0 atom stereocenters. The van der Waals surface area contributed by atoms with E-state index in [2.05, 4.69) is 0 Å². The minimum Gasteiger partial charge on any atom is -0.478 e. The van der Waals surface area contributed by atoms with E-state index in [4.69, 9.17) is 15.9 Å². The fraction of sp³-hybridized carbons (Fsp3) is 0.222. The second-order valence-electron chi connectivity index (χ2n) is 2.61. The second-order valence-corrected chi connectivity index (χ2v) is 2.61. The topological polar surface area (TPSA) is 83.6 Å². The van der Waals surface area contributed by atoms with Crippen LogP contribution in [0.4, 0.5) is 0 Å². The van der Waals surface area contributed by atoms with Crippen LogP contribution in [-0.2, 0) is 13.2 Å². The van der Waals surface area contributed by atoms with Crippen LogP contribution >= 0.6 is 0 Å². The Morgan fingerprint density at radius 3 is 2.62 bits per heavy atom. The first-order valence-corrected chi connectivity index (χ1v) is 3.85. The summed E-state index contributed by atoms with van der Waals surface area (Å²) in [4.78, 5) is 10.7. The highest BCUT2D eigenvalue weighted by Crippen LogP contribution is 2.14. The largest absolute Gasteiger partial charge is 0.478 e. The van der Waals surface area contributed by atoms with Gasteiger partial charge in [0, 0.05) is 6.54 Å². The maximum atomic E-state index is 10.7. The lowest BCUT2D eigenvalue weighted by molar-refractivity contribution is 0.0693. The van der Waals surface area contributed by atoms with Gasteiger partial charge in [0.15, 0.2) is 0 Å². The van der Waals surface area contributed by atoms with E-state index < -0.39 is 5.97 Å². The van der Waals surface area contributed by atoms with E-state index in [9.17, 15) is 4.79 Å². The van der Waals surface area contributed by atoms with Gasteiger partial charge in [-0.1, -0.05) is 12.1 Å². The molecule has 4 nitrogen and oxygen atoms in total. The molecule has 0 heterocycles. The number of rotatable bonds is 3. The van der Waals surface area contributed by atoms with Crippen molar-refractivity contribution in [2.75, 3.05) is 0 Å². The highest BCUT2D eigenvalue weighted by Gasteiger charge is 2.11. The maximum Gasteiger partial charge on any atom is 0.336 e. The quantitative estimate of drug-likeness (QED) is 0.627. The Labute approximate surface area is 75.6 Å². The number of hydrogen-bond acceptors (Lipinski definition) is 3. The van der Waals surface area contributed by atoms with Gasteiger partial charge in [0.1, 0.15) is 0 Å². The van der Waals surface area contributed by atoms with Gasteiger partial charge >= 0.3 is 5.97 Å². The molecule has 1 rings (SSSR count). The zero-order valence-corrected chi connectivity index (χ0v) is 7.03. The van der Waals surface area contributed by atoms with E-state index in [1.54, 1.807) is 12.1 Å². The second kappa shape index (κ2) is 4.02. The third-order valence-corrected chi connectivity index (χ3v) is 1.88. The van der Waals surface area contributed by atoms with Gasteiger partial charge in [0.25, 0.3) is 0 Å². The predicted molar refractivity (Wildman–Crippen MR) is 47.2 cm³/mol. The number of aromatic carboxylic acids is 1. The zero-order chi connectivity index (χ0) is 9.84. The molecular formula is C9H11NO3. The molecule has 0 spiro atoms. The van der Waals surface area contributed by atoms with Crippen LogP contribution in [0.3, 0.4) is 0 Å². The standard InChI is InChI=1S/C9H11NO3/c10-4-6-2-1-3-7(9(12)13)8(6)5-11/h1-3,11H,4-5,10H2,(H,12,13). The lowest BCUT2D eigenvalue weighted by atomic mass is 10.0. The van der Waals surface area contributed by atoms with Gasteiger partial charge in [0.2, 0.25) is 0 Å². The molecule has 0 radical (unpaired) electrons. The molecule has 1 aromatic carbocycles. The molecule has 0 fully saturated rings. The van der Waals surface area contributed by atoms with Crippen molar-refractivity contribution in [2.24, 2.45) is 5.73 Å². The van der Waals surface area contributed by atoms with Gasteiger partial charge in [-0.25, -0.2) is 4.79 Å². The Kier molecular flexibility index (Phi) is 3.00. The molecule has 4 heteroatoms. The Balaban J connectivity index is 3.27. The molecule has 0 unspecified atom stereocenters. The summed E-state index contributed by atoms with van der Waals surface area (Å²) in [6.45, 7) is -0.0635. The van der Waals surface area contributed by atoms with Crippen molar-refractivity contribution in [1.29, 1.82) is 0 Å². The van der Waals surface area contributed by atoms with Crippen molar-refractivity contribution in [3.8, 4) is 0 Å². The van der Waals surface area contributed by atoms with Crippen LogP contribution in [-0.4, -0.2) is 16.2 Å². The number of aliphatic hydroxyl groups excluding tert-OH is 1. The first-order chi connectivity index (χ1) is 6.20. The van der Waals surface area contributed by atoms with E-state index in [0.717, 1.165) is 0 Å². The van der Waals surface area contributed by atoms with Gasteiger partial charge in [-0.05, 0) is 17.2 Å². The zero-order valence-electron chi connectivity index (χ0n) is 7.03. The van der Waals surface area contributed by atoms with E-state index in [0.29, 0.717) is 11.1 Å². The number of carbonyl (C=O) groups is 1. The van der Waals surface area contributed by atoms with E-state index >= 15 is 0 Å². The maximum absolute atomic E-state index is 10.7. The minimum absolute atomic E-state index is 0.116. The Morgan fingerprint density at radius 1 is 1.46 bits per heavy atom. The summed E-state index contributed by atoms with van der Waals surface area (Å²) in [6.07, 6.45) is 0. The molecule has 1 aromatic rings. The average Bonchev–Trinajstić information content (AvgIpc) is 2.16. The number of hydrogen-bond donors (Lipinski definition) is 3. The van der Waals surface area contributed by atoms with Crippen LogP contribution in [0.25, 0.3) is 0 Å². The monoisotopic (exact) mass is 181 g/mol. The molecular weight excluding hydrogens is 170 g/mol. The number of carboxylic acids is 1. The number of benzene rings is 1. The van der Waals surface area contributed by atoms with Crippen molar-refractivity contribution in [3.63, 3.8) is 0 Å². The molecule has 4 N–H and O–H groups in total. The van der Waals surface area contributed by atoms with Gasteiger partial charge in [0.05, 0.1) is 12.2 Å². The number of nitrogens with two attached hydrogens (primary N) is 1. The van der Waals surface area contributed by atoms with Crippen LogP contribution in [0, 0.1) is 0 Å². The van der Waals surface area contributed by atoms with Crippen LogP contribution in [0.1, 0.15) is 21.5 Å². The van der Waals surface area contributed by atoms with Crippen molar-refractivity contribution >= 4 is 5.97 Å². The SMILES string of the molecule is NCc1cccc(C(=O)O)c1CO. The molecule has 0 aliphatic rings. The summed E-state index contributed by atoms with van der Waals surface area (Å²) in [5.74, 6) is -1.04. The molecule has 70 valence electrons. The van der Waals surface area contributed by atoms with Gasteiger partial charge in [-0.15, -0.1) is 0 Å². The third kappa shape index (κ3) is 1.85. The van der Waals surface area contributed by atoms with Crippen molar-refractivity contribution in [3.05, 3.63) is 34.9 Å². The fourth-order valence-electron chi connectivity index (χ4n) is 1.21. The lowest BCUT2D eigenvalue weighted by Gasteiger charge is -2.07. The summed E-state index contributed by atoms with van der Waals surface area (Å²) in [6, 6.07) is 4.77. The van der Waals surface area contributed by atoms with Crippen molar-refractivity contribution in [2.45, 2.75) is 13.2 Å². The predicted octanol–water partition coefficient (Wildman–Crippen LogP) is 0.336. The normalized spacial score (nSPS) is 10.0. The molecule has 0 saturated carbocycles. The van der Waals surface area contributed by atoms with E-state index in [-0.39, 0.29) is 18.7 Å². The molecule has 0 saturated heterocycles. The third-order valence-electron chi connectivity index (χ3n) is 1.88. The first-order valence-electron chi connectivity index (χ1n) is 3.85. The Bertz CT molecular complexity index is 323. The fourth-order valence-corrected chi connectivity index (χ4v) is 1.21. The van der Waals surface area contributed by atoms with Gasteiger partial charge < -0.3 is 15.9 Å². The molecule has 0 bridgehead atoms. The summed E-state index contributed by atoms with van der Waals surface area (Å²) < 4.78 is 0. The van der Waals surface area contributed by atoms with Crippen LogP contribution in [0.5, 0.6) is 0 Å².